The Labute approximate surface area is 179 Å². The number of fused-ring (bicyclic) bond motifs is 1. The van der Waals surface area contributed by atoms with Crippen molar-refractivity contribution in [3.05, 3.63) is 114 Å². The van der Waals surface area contributed by atoms with E-state index in [1.165, 1.54) is 16.7 Å². The molecule has 2 heteroatoms. The molecule has 0 radical (unpaired) electrons. The van der Waals surface area contributed by atoms with Gasteiger partial charge in [0.05, 0.1) is 11.4 Å². The average molecular weight is 393 g/mol. The topological polar surface area (TPSA) is 24.1 Å². The lowest BCUT2D eigenvalue weighted by Gasteiger charge is -2.29. The number of para-hydroxylation sites is 3. The Bertz CT molecular complexity index is 1120. The molecule has 0 aliphatic heterocycles. The minimum atomic E-state index is -0.0617. The van der Waals surface area contributed by atoms with Gasteiger partial charge in [-0.15, -0.1) is 0 Å². The number of rotatable bonds is 4. The van der Waals surface area contributed by atoms with E-state index in [0.29, 0.717) is 0 Å². The van der Waals surface area contributed by atoms with Crippen molar-refractivity contribution in [2.45, 2.75) is 26.2 Å². The molecule has 0 unspecified atom stereocenters. The second-order valence-electron chi connectivity index (χ2n) is 8.15. The SMILES string of the molecule is C\C1=C/C=C\C=C\c2c(Nc3ccccc3Nc3ccccc3)cccc2C1(C)C. The summed E-state index contributed by atoms with van der Waals surface area (Å²) < 4.78 is 0. The molecule has 2 N–H and O–H groups in total. The zero-order valence-electron chi connectivity index (χ0n) is 17.8. The van der Waals surface area contributed by atoms with E-state index in [9.17, 15) is 0 Å². The highest BCUT2D eigenvalue weighted by atomic mass is 15.0. The zero-order valence-corrected chi connectivity index (χ0v) is 17.8. The molecule has 0 bridgehead atoms. The maximum atomic E-state index is 3.68. The maximum absolute atomic E-state index is 3.68. The lowest BCUT2D eigenvalue weighted by atomic mass is 9.75. The van der Waals surface area contributed by atoms with Crippen molar-refractivity contribution in [1.29, 1.82) is 0 Å². The van der Waals surface area contributed by atoms with Crippen LogP contribution in [0.25, 0.3) is 6.08 Å². The number of allylic oxidation sites excluding steroid dienone is 5. The average Bonchev–Trinajstić information content (AvgIpc) is 2.80. The highest BCUT2D eigenvalue weighted by Gasteiger charge is 2.26. The smallest absolute Gasteiger partial charge is 0.0623 e. The van der Waals surface area contributed by atoms with Crippen LogP contribution in [0.2, 0.25) is 0 Å². The van der Waals surface area contributed by atoms with Gasteiger partial charge in [-0.25, -0.2) is 0 Å². The summed E-state index contributed by atoms with van der Waals surface area (Å²) in [4.78, 5) is 0. The Morgan fingerprint density at radius 2 is 1.30 bits per heavy atom. The van der Waals surface area contributed by atoms with Crippen molar-refractivity contribution in [1.82, 2.24) is 0 Å². The number of hydrogen-bond acceptors (Lipinski definition) is 2. The molecule has 3 aromatic rings. The third kappa shape index (κ3) is 4.08. The molecule has 0 amide bonds. The van der Waals surface area contributed by atoms with Gasteiger partial charge < -0.3 is 10.6 Å². The van der Waals surface area contributed by atoms with Gasteiger partial charge in [0.2, 0.25) is 0 Å². The van der Waals surface area contributed by atoms with Crippen LogP contribution < -0.4 is 10.6 Å². The molecule has 150 valence electrons. The minimum Gasteiger partial charge on any atom is -0.354 e. The molecule has 2 nitrogen and oxygen atoms in total. The minimum absolute atomic E-state index is 0.0617. The van der Waals surface area contributed by atoms with E-state index in [1.54, 1.807) is 0 Å². The number of hydrogen-bond donors (Lipinski definition) is 2. The standard InChI is InChI=1S/C28H28N2/c1-21-13-6-4-9-16-23-24(28(21,2)3)17-12-20-25(23)30-27-19-11-10-18-26(27)29-22-14-7-5-8-15-22/h4-20,29-30H,1-3H3/b6-4-,16-9+,21-13+. The van der Waals surface area contributed by atoms with Crippen molar-refractivity contribution < 1.29 is 0 Å². The second-order valence-corrected chi connectivity index (χ2v) is 8.15. The zero-order chi connectivity index (χ0) is 21.0. The van der Waals surface area contributed by atoms with Crippen molar-refractivity contribution in [3.8, 4) is 0 Å². The highest BCUT2D eigenvalue weighted by molar-refractivity contribution is 5.82. The predicted molar refractivity (Wildman–Crippen MR) is 131 cm³/mol. The van der Waals surface area contributed by atoms with Gasteiger partial charge in [-0.2, -0.15) is 0 Å². The fraction of sp³-hybridized carbons (Fsp3) is 0.143. The van der Waals surface area contributed by atoms with Crippen LogP contribution >= 0.6 is 0 Å². The van der Waals surface area contributed by atoms with E-state index in [0.717, 1.165) is 22.7 Å². The molecule has 0 atom stereocenters. The predicted octanol–water partition coefficient (Wildman–Crippen LogP) is 7.98. The van der Waals surface area contributed by atoms with Crippen molar-refractivity contribution in [2.75, 3.05) is 10.6 Å². The Balaban J connectivity index is 1.75. The molecular weight excluding hydrogens is 364 g/mol. The van der Waals surface area contributed by atoms with Crippen LogP contribution in [0.1, 0.15) is 31.9 Å². The molecule has 0 heterocycles. The normalized spacial score (nSPS) is 18.6. The molecule has 1 aliphatic rings. The van der Waals surface area contributed by atoms with Gasteiger partial charge in [0.1, 0.15) is 0 Å². The molecule has 4 rings (SSSR count). The van der Waals surface area contributed by atoms with E-state index >= 15 is 0 Å². The van der Waals surface area contributed by atoms with Gasteiger partial charge in [-0.3, -0.25) is 0 Å². The summed E-state index contributed by atoms with van der Waals surface area (Å²) in [5.74, 6) is 0. The van der Waals surface area contributed by atoms with E-state index in [-0.39, 0.29) is 5.41 Å². The first kappa shape index (κ1) is 19.8. The van der Waals surface area contributed by atoms with E-state index < -0.39 is 0 Å². The van der Waals surface area contributed by atoms with E-state index in [1.807, 2.05) is 18.2 Å². The van der Waals surface area contributed by atoms with E-state index in [4.69, 9.17) is 0 Å². The number of benzene rings is 3. The molecule has 30 heavy (non-hydrogen) atoms. The number of nitrogens with one attached hydrogen (secondary N) is 2. The largest absolute Gasteiger partial charge is 0.354 e. The fourth-order valence-corrected chi connectivity index (χ4v) is 3.76. The van der Waals surface area contributed by atoms with Gasteiger partial charge >= 0.3 is 0 Å². The van der Waals surface area contributed by atoms with Crippen molar-refractivity contribution in [3.63, 3.8) is 0 Å². The first-order chi connectivity index (χ1) is 14.6. The molecule has 3 aromatic carbocycles. The Morgan fingerprint density at radius 3 is 2.07 bits per heavy atom. The summed E-state index contributed by atoms with van der Waals surface area (Å²) >= 11 is 0. The summed E-state index contributed by atoms with van der Waals surface area (Å²) in [6, 6.07) is 25.1. The summed E-state index contributed by atoms with van der Waals surface area (Å²) in [5.41, 5.74) is 8.07. The summed E-state index contributed by atoms with van der Waals surface area (Å²) in [5, 5.41) is 7.21. The van der Waals surface area contributed by atoms with Crippen LogP contribution in [0.3, 0.4) is 0 Å². The molecular formula is C28H28N2. The summed E-state index contributed by atoms with van der Waals surface area (Å²) in [6.45, 7) is 6.79. The monoisotopic (exact) mass is 392 g/mol. The van der Waals surface area contributed by atoms with Gasteiger partial charge in [0, 0.05) is 22.4 Å². The molecule has 0 spiro atoms. The van der Waals surface area contributed by atoms with Crippen molar-refractivity contribution in [2.24, 2.45) is 0 Å². The Kier molecular flexibility index (Phi) is 5.58. The Hall–Kier alpha value is -3.52. The third-order valence-electron chi connectivity index (χ3n) is 5.85. The molecule has 0 fully saturated rings. The van der Waals surface area contributed by atoms with Crippen LogP contribution in [-0.2, 0) is 5.41 Å². The first-order valence-electron chi connectivity index (χ1n) is 10.4. The molecule has 0 aromatic heterocycles. The lowest BCUT2D eigenvalue weighted by Crippen LogP contribution is -2.20. The van der Waals surface area contributed by atoms with Gasteiger partial charge in [0.25, 0.3) is 0 Å². The van der Waals surface area contributed by atoms with Crippen LogP contribution in [0, 0.1) is 0 Å². The van der Waals surface area contributed by atoms with Crippen LogP contribution in [0.15, 0.2) is 103 Å². The van der Waals surface area contributed by atoms with Crippen LogP contribution in [0.5, 0.6) is 0 Å². The lowest BCUT2D eigenvalue weighted by molar-refractivity contribution is 0.623. The molecule has 1 aliphatic carbocycles. The quantitative estimate of drug-likeness (QED) is 0.470. The van der Waals surface area contributed by atoms with Crippen molar-refractivity contribution >= 4 is 28.8 Å². The second kappa shape index (κ2) is 8.46. The number of anilines is 4. The molecule has 0 saturated carbocycles. The van der Waals surface area contributed by atoms with Gasteiger partial charge in [0.15, 0.2) is 0 Å². The molecule has 0 saturated heterocycles. The van der Waals surface area contributed by atoms with Gasteiger partial charge in [-0.1, -0.05) is 92.3 Å². The van der Waals surface area contributed by atoms with Crippen LogP contribution in [-0.4, -0.2) is 0 Å². The highest BCUT2D eigenvalue weighted by Crippen LogP contribution is 2.39. The summed E-state index contributed by atoms with van der Waals surface area (Å²) in [7, 11) is 0. The maximum Gasteiger partial charge on any atom is 0.0623 e. The first-order valence-corrected chi connectivity index (χ1v) is 10.4. The van der Waals surface area contributed by atoms with E-state index in [2.05, 4.69) is 116 Å². The summed E-state index contributed by atoms with van der Waals surface area (Å²) in [6.07, 6.45) is 10.7. The van der Waals surface area contributed by atoms with Crippen LogP contribution in [0.4, 0.5) is 22.7 Å². The third-order valence-corrected chi connectivity index (χ3v) is 5.85. The Morgan fingerprint density at radius 1 is 0.633 bits per heavy atom. The fourth-order valence-electron chi connectivity index (χ4n) is 3.76. The van der Waals surface area contributed by atoms with Gasteiger partial charge in [-0.05, 0) is 42.8 Å².